The summed E-state index contributed by atoms with van der Waals surface area (Å²) in [4.78, 5) is 16.3. The number of aliphatic hydroxyl groups excluding tert-OH is 7. The van der Waals surface area contributed by atoms with Gasteiger partial charge in [0.15, 0.2) is 5.78 Å². The van der Waals surface area contributed by atoms with E-state index in [4.69, 9.17) is 10.5 Å². The fourth-order valence-corrected chi connectivity index (χ4v) is 18.3. The smallest absolute Gasteiger partial charge is 0.186 e. The van der Waals surface area contributed by atoms with Gasteiger partial charge in [-0.1, -0.05) is 50.3 Å². The highest BCUT2D eigenvalue weighted by Crippen LogP contribution is 2.81. The van der Waals surface area contributed by atoms with Crippen LogP contribution in [0.15, 0.2) is 46.8 Å². The number of nitrogens with one attached hydrogen (secondary N) is 2. The number of rotatable bonds is 12. The van der Waals surface area contributed by atoms with Crippen LogP contribution in [-0.4, -0.2) is 142 Å². The van der Waals surface area contributed by atoms with Crippen LogP contribution in [0.25, 0.3) is 0 Å². The van der Waals surface area contributed by atoms with Gasteiger partial charge in [-0.3, -0.25) is 4.79 Å². The van der Waals surface area contributed by atoms with Gasteiger partial charge in [0, 0.05) is 64.8 Å². The number of ether oxygens (including phenoxy) is 1. The van der Waals surface area contributed by atoms with E-state index in [-0.39, 0.29) is 87.8 Å². The third-order valence-corrected chi connectivity index (χ3v) is 21.2. The Kier molecular flexibility index (Phi) is 13.5. The molecule has 5 saturated carbocycles. The molecule has 0 aromatic heterocycles. The predicted octanol–water partition coefficient (Wildman–Crippen LogP) is 2.24. The van der Waals surface area contributed by atoms with Crippen molar-refractivity contribution >= 4 is 5.78 Å². The molecule has 2 aliphatic heterocycles. The van der Waals surface area contributed by atoms with Crippen molar-refractivity contribution in [1.29, 1.82) is 0 Å². The lowest BCUT2D eigenvalue weighted by Crippen LogP contribution is -2.78. The van der Waals surface area contributed by atoms with Crippen molar-refractivity contribution < 1.29 is 60.6 Å². The molecule has 1 saturated heterocycles. The van der Waals surface area contributed by atoms with Crippen molar-refractivity contribution in [2.75, 3.05) is 19.8 Å². The number of fused-ring (bicyclic) bond motifs is 7. The molecular weight excluding hydrogens is 907 g/mol. The summed E-state index contributed by atoms with van der Waals surface area (Å²) in [6.45, 7) is 4.62. The number of dihydropyridines is 1. The second-order valence-electron chi connectivity index (χ2n) is 24.5. The van der Waals surface area contributed by atoms with E-state index in [0.29, 0.717) is 31.6 Å². The molecule has 0 radical (unpaired) electrons. The third kappa shape index (κ3) is 7.16. The number of hydrogen-bond acceptors (Lipinski definition) is 15. The van der Waals surface area contributed by atoms with E-state index < -0.39 is 117 Å². The van der Waals surface area contributed by atoms with E-state index in [2.05, 4.69) is 29.4 Å². The molecule has 4 bridgehead atoms. The highest BCUT2D eigenvalue weighted by atomic mass is 16.5. The van der Waals surface area contributed by atoms with Crippen LogP contribution in [0.2, 0.25) is 0 Å². The van der Waals surface area contributed by atoms with Crippen molar-refractivity contribution in [3.8, 4) is 11.8 Å². The number of carbonyl (C=O) groups is 1. The van der Waals surface area contributed by atoms with Crippen LogP contribution in [0.3, 0.4) is 0 Å². The average molecular weight is 990 g/mol. The maximum Gasteiger partial charge on any atom is 0.186 e. The number of hydrogen-bond donors (Lipinski definition) is 13. The van der Waals surface area contributed by atoms with Gasteiger partial charge < -0.3 is 72.2 Å². The Balaban J connectivity index is 1.18. The van der Waals surface area contributed by atoms with Crippen molar-refractivity contribution in [2.45, 2.75) is 202 Å². The summed E-state index contributed by atoms with van der Waals surface area (Å²) < 4.78 is 7.02. The summed E-state index contributed by atoms with van der Waals surface area (Å²) in [5.74, 6) is 3.70. The van der Waals surface area contributed by atoms with E-state index in [0.717, 1.165) is 49.8 Å². The molecule has 15 heteroatoms. The second kappa shape index (κ2) is 18.6. The van der Waals surface area contributed by atoms with E-state index >= 15 is 4.79 Å². The molecule has 0 aromatic carbocycles. The van der Waals surface area contributed by atoms with Crippen LogP contribution in [0.4, 0.5) is 0 Å². The highest BCUT2D eigenvalue weighted by Gasteiger charge is 2.84. The van der Waals surface area contributed by atoms with Gasteiger partial charge in [-0.15, -0.1) is 5.92 Å². The van der Waals surface area contributed by atoms with Crippen molar-refractivity contribution in [3.05, 3.63) is 46.8 Å². The van der Waals surface area contributed by atoms with Crippen LogP contribution in [-0.2, 0) is 9.53 Å². The molecule has 21 atom stereocenters. The molecule has 2 heterocycles. The number of Topliss-reactive ketones (excluding diaryl/α,β-unsaturated/α-hetero) is 1. The van der Waals surface area contributed by atoms with Crippen LogP contribution >= 0.6 is 0 Å². The molecular formula is C56H83N3O12. The normalized spacial score (nSPS) is 49.0. The standard InChI is InChI=1S/C56H83N3O12/c1-4-8-32-12-14-36-41(16-13-32)71-49-45(36)38(63)11-6-21-56(49,70)50(3,68)42-19-23-55(69)47-46(58-29-31(2)62)48(67)51-20-5-9-34(30-61)54(42,55)28-43(66)53(47)22-18-33(25-52(51,53)27-40(65)39(64)26-51)35-15-17-44(57)59-37(35)10-7-24-60/h15,17-18,22,31-34,36,38-45,49,58-66,68-70H,4,6-8,10-14,16,19-21,23-30,57H2,1-3H3. The number of allylic oxidation sites excluding steroid dienone is 5. The third-order valence-electron chi connectivity index (χ3n) is 21.2. The molecule has 4 spiro atoms. The first-order valence-corrected chi connectivity index (χ1v) is 27.4. The lowest BCUT2D eigenvalue weighted by Gasteiger charge is -2.74. The van der Waals surface area contributed by atoms with Gasteiger partial charge >= 0.3 is 0 Å². The molecule has 11 rings (SSSR count). The minimum Gasteiger partial charge on any atom is -0.396 e. The maximum absolute atomic E-state index is 16.3. The molecule has 9 aliphatic carbocycles. The number of carbonyl (C=O) groups excluding carboxylic acids is 1. The monoisotopic (exact) mass is 990 g/mol. The summed E-state index contributed by atoms with van der Waals surface area (Å²) in [6, 6.07) is 0. The topological polar surface area (TPSA) is 279 Å². The Morgan fingerprint density at radius 1 is 0.986 bits per heavy atom. The Bertz CT molecular complexity index is 2270. The largest absolute Gasteiger partial charge is 0.396 e. The highest BCUT2D eigenvalue weighted by molar-refractivity contribution is 6.04. The zero-order valence-electron chi connectivity index (χ0n) is 42.1. The summed E-state index contributed by atoms with van der Waals surface area (Å²) in [6.07, 6.45) is 7.32. The molecule has 11 aliphatic rings. The van der Waals surface area contributed by atoms with Gasteiger partial charge in [0.1, 0.15) is 5.60 Å². The minimum atomic E-state index is -2.12. The fraction of sp³-hybridized carbons (Fsp3) is 0.804. The van der Waals surface area contributed by atoms with E-state index in [9.17, 15) is 51.1 Å². The SMILES string of the molecule is CCCC1CCC2OC3C(C(O)CCCC3(O)C(C)(O)C3CCC4(O)C5=C(NCC(C)O)C(=O)C67CC#CC(CO)C34CC(O)C53C=CC(C4=C(CCCO)NC(N)C=C4)CC63CC(O)C(O)C7)C2CC1. The summed E-state index contributed by atoms with van der Waals surface area (Å²) in [5, 5.41) is 131. The number of ketones is 1. The summed E-state index contributed by atoms with van der Waals surface area (Å²) >= 11 is 0. The lowest BCUT2D eigenvalue weighted by atomic mass is 9.30. The van der Waals surface area contributed by atoms with Crippen molar-refractivity contribution in [3.63, 3.8) is 0 Å². The quantitative estimate of drug-likeness (QED) is 0.0987. The van der Waals surface area contributed by atoms with Crippen LogP contribution in [0.1, 0.15) is 136 Å². The summed E-state index contributed by atoms with van der Waals surface area (Å²) in [7, 11) is 0. The molecule has 0 aromatic rings. The molecule has 15 nitrogen and oxygen atoms in total. The second-order valence-corrected chi connectivity index (χ2v) is 24.5. The first-order valence-electron chi connectivity index (χ1n) is 27.4. The zero-order chi connectivity index (χ0) is 50.7. The maximum atomic E-state index is 16.3. The molecule has 6 fully saturated rings. The van der Waals surface area contributed by atoms with Gasteiger partial charge in [0.25, 0.3) is 0 Å². The number of aliphatic hydroxyl groups is 10. The van der Waals surface area contributed by atoms with Crippen LogP contribution < -0.4 is 16.4 Å². The van der Waals surface area contributed by atoms with E-state index in [1.54, 1.807) is 13.8 Å². The Morgan fingerprint density at radius 3 is 2.48 bits per heavy atom. The molecule has 71 heavy (non-hydrogen) atoms. The predicted molar refractivity (Wildman–Crippen MR) is 263 cm³/mol. The van der Waals surface area contributed by atoms with Crippen molar-refractivity contribution in [1.82, 2.24) is 10.6 Å². The van der Waals surface area contributed by atoms with Gasteiger partial charge in [-0.25, -0.2) is 0 Å². The molecule has 394 valence electrons. The molecule has 14 N–H and O–H groups in total. The summed E-state index contributed by atoms with van der Waals surface area (Å²) in [5.41, 5.74) is -4.27. The minimum absolute atomic E-state index is 0.00964. The van der Waals surface area contributed by atoms with Gasteiger partial charge in [0.2, 0.25) is 0 Å². The van der Waals surface area contributed by atoms with Gasteiger partial charge in [-0.05, 0) is 127 Å². The number of nitrogens with two attached hydrogens (primary N) is 1. The van der Waals surface area contributed by atoms with Crippen molar-refractivity contribution in [2.24, 2.45) is 62.9 Å². The molecule has 0 amide bonds. The Morgan fingerprint density at radius 2 is 1.75 bits per heavy atom. The first-order chi connectivity index (χ1) is 33.8. The van der Waals surface area contributed by atoms with Crippen LogP contribution in [0, 0.1) is 69.0 Å². The molecule has 21 unspecified atom stereocenters. The van der Waals surface area contributed by atoms with Gasteiger partial charge in [-0.2, -0.15) is 0 Å². The zero-order valence-corrected chi connectivity index (χ0v) is 42.1. The first kappa shape index (κ1) is 51.8. The van der Waals surface area contributed by atoms with E-state index in [1.807, 2.05) is 24.3 Å². The van der Waals surface area contributed by atoms with Crippen LogP contribution in [0.5, 0.6) is 0 Å². The van der Waals surface area contributed by atoms with E-state index in [1.165, 1.54) is 0 Å². The Labute approximate surface area is 419 Å². The Hall–Kier alpha value is -2.69. The fourth-order valence-electron chi connectivity index (χ4n) is 18.3. The lowest BCUT2D eigenvalue weighted by molar-refractivity contribution is -0.277. The van der Waals surface area contributed by atoms with Gasteiger partial charge in [0.05, 0.1) is 83.7 Å². The average Bonchev–Trinajstić information content (AvgIpc) is 3.73.